The van der Waals surface area contributed by atoms with E-state index in [9.17, 15) is 25.0 Å². The van der Waals surface area contributed by atoms with Crippen molar-refractivity contribution in [1.29, 1.82) is 0 Å². The van der Waals surface area contributed by atoms with E-state index < -0.39 is 15.7 Å². The van der Waals surface area contributed by atoms with E-state index in [0.29, 0.717) is 11.8 Å². The number of nitrogens with zero attached hydrogens (tertiary/aromatic N) is 2. The highest BCUT2D eigenvalue weighted by Crippen LogP contribution is 2.22. The van der Waals surface area contributed by atoms with Crippen LogP contribution in [-0.2, 0) is 4.79 Å². The molecule has 0 spiro atoms. The van der Waals surface area contributed by atoms with Crippen LogP contribution in [0.2, 0.25) is 0 Å². The molecule has 0 aliphatic rings. The summed E-state index contributed by atoms with van der Waals surface area (Å²) in [7, 11) is 0. The van der Waals surface area contributed by atoms with Crippen LogP contribution in [0.25, 0.3) is 11.6 Å². The zero-order valence-electron chi connectivity index (χ0n) is 10.5. The summed E-state index contributed by atoms with van der Waals surface area (Å²) in [6.45, 7) is 0. The van der Waals surface area contributed by atoms with Crippen LogP contribution in [0.4, 0.5) is 11.6 Å². The number of hydrogen-bond donors (Lipinski definition) is 0. The Kier molecular flexibility index (Phi) is 3.89. The lowest BCUT2D eigenvalue weighted by atomic mass is 10.1. The number of hydrogen-bond acceptors (Lipinski definition) is 6. The minimum Gasteiger partial charge on any atom is -0.401 e. The van der Waals surface area contributed by atoms with E-state index in [1.54, 1.807) is 0 Å². The van der Waals surface area contributed by atoms with Gasteiger partial charge in [0.05, 0.1) is 11.0 Å². The highest BCUT2D eigenvalue weighted by atomic mass is 16.6. The van der Waals surface area contributed by atoms with Gasteiger partial charge in [0.2, 0.25) is 0 Å². The van der Waals surface area contributed by atoms with E-state index in [1.165, 1.54) is 42.5 Å². The summed E-state index contributed by atoms with van der Waals surface area (Å²) in [4.78, 5) is 30.9. The molecular weight excluding hydrogens is 280 g/mol. The first-order chi connectivity index (χ1) is 10.0. The molecular formula is C13H8N2O6. The summed E-state index contributed by atoms with van der Waals surface area (Å²) < 4.78 is 4.92. The summed E-state index contributed by atoms with van der Waals surface area (Å²) >= 11 is 0. The first-order valence-electron chi connectivity index (χ1n) is 5.67. The Hall–Kier alpha value is -3.29. The second-order valence-electron chi connectivity index (χ2n) is 3.95. The minimum atomic E-state index is -0.691. The molecule has 0 aliphatic carbocycles. The summed E-state index contributed by atoms with van der Waals surface area (Å²) in [5.41, 5.74) is 0.529. The van der Waals surface area contributed by atoms with Crippen LogP contribution in [0.3, 0.4) is 0 Å². The first-order valence-corrected chi connectivity index (χ1v) is 5.67. The van der Waals surface area contributed by atoms with Gasteiger partial charge in [0.1, 0.15) is 10.7 Å². The van der Waals surface area contributed by atoms with Crippen LogP contribution in [0.1, 0.15) is 11.3 Å². The lowest BCUT2D eigenvalue weighted by molar-refractivity contribution is -0.402. The highest BCUT2D eigenvalue weighted by Gasteiger charge is 2.12. The molecule has 0 fully saturated rings. The van der Waals surface area contributed by atoms with Gasteiger partial charge < -0.3 is 4.42 Å². The van der Waals surface area contributed by atoms with Gasteiger partial charge in [0.15, 0.2) is 6.29 Å². The molecule has 0 radical (unpaired) electrons. The molecule has 0 saturated heterocycles. The molecule has 1 aromatic heterocycles. The van der Waals surface area contributed by atoms with Gasteiger partial charge in [-0.25, -0.2) is 0 Å². The summed E-state index contributed by atoms with van der Waals surface area (Å²) in [6.07, 6.45) is 1.86. The van der Waals surface area contributed by atoms with Crippen LogP contribution in [0.15, 0.2) is 40.8 Å². The van der Waals surface area contributed by atoms with Gasteiger partial charge in [0.25, 0.3) is 5.69 Å². The zero-order valence-corrected chi connectivity index (χ0v) is 10.5. The van der Waals surface area contributed by atoms with E-state index in [1.807, 2.05) is 0 Å². The number of nitro groups is 2. The van der Waals surface area contributed by atoms with Crippen molar-refractivity contribution in [3.63, 3.8) is 0 Å². The average Bonchev–Trinajstić information content (AvgIpc) is 2.93. The van der Waals surface area contributed by atoms with Crippen molar-refractivity contribution < 1.29 is 19.1 Å². The maximum Gasteiger partial charge on any atom is 0.433 e. The molecule has 0 aliphatic heterocycles. The van der Waals surface area contributed by atoms with Crippen molar-refractivity contribution in [1.82, 2.24) is 0 Å². The quantitative estimate of drug-likeness (QED) is 0.361. The van der Waals surface area contributed by atoms with E-state index in [2.05, 4.69) is 0 Å². The lowest BCUT2D eigenvalue weighted by Gasteiger charge is -1.99. The fraction of sp³-hybridized carbons (Fsp3) is 0. The molecule has 21 heavy (non-hydrogen) atoms. The van der Waals surface area contributed by atoms with E-state index in [-0.39, 0.29) is 17.0 Å². The first kappa shape index (κ1) is 14.1. The smallest absolute Gasteiger partial charge is 0.401 e. The van der Waals surface area contributed by atoms with Crippen LogP contribution >= 0.6 is 0 Å². The number of carbonyl (C=O) groups excluding carboxylic acids is 1. The van der Waals surface area contributed by atoms with Gasteiger partial charge >= 0.3 is 5.88 Å². The van der Waals surface area contributed by atoms with Crippen LogP contribution in [0, 0.1) is 20.2 Å². The number of allylic oxidation sites excluding steroid dienone is 1. The Balaban J connectivity index is 2.33. The van der Waals surface area contributed by atoms with Gasteiger partial charge in [-0.2, -0.15) is 0 Å². The third-order valence-corrected chi connectivity index (χ3v) is 2.63. The Morgan fingerprint density at radius 3 is 2.14 bits per heavy atom. The van der Waals surface area contributed by atoms with Crippen molar-refractivity contribution in [3.8, 4) is 0 Å². The number of benzene rings is 1. The summed E-state index contributed by atoms with van der Waals surface area (Å²) in [5.74, 6) is -0.294. The Morgan fingerprint density at radius 1 is 1.00 bits per heavy atom. The molecule has 2 aromatic rings. The van der Waals surface area contributed by atoms with Crippen molar-refractivity contribution in [3.05, 3.63) is 68.0 Å². The molecule has 0 amide bonds. The Morgan fingerprint density at radius 2 is 1.67 bits per heavy atom. The third-order valence-electron chi connectivity index (χ3n) is 2.63. The Labute approximate surface area is 117 Å². The zero-order chi connectivity index (χ0) is 15.4. The molecule has 2 rings (SSSR count). The number of non-ortho nitro benzene ring substituents is 1. The second-order valence-corrected chi connectivity index (χ2v) is 3.95. The normalized spacial score (nSPS) is 11.1. The maximum absolute atomic E-state index is 11.1. The summed E-state index contributed by atoms with van der Waals surface area (Å²) in [6, 6.07) is 7.87. The molecule has 1 aromatic carbocycles. The molecule has 0 unspecified atom stereocenters. The standard InChI is InChI=1S/C13H8N2O6/c16-8-10(7-12-5-6-13(21-12)15(19)20)9-1-3-11(4-2-9)14(17)18/h1-8H/b10-7-. The largest absolute Gasteiger partial charge is 0.433 e. The average molecular weight is 288 g/mol. The van der Waals surface area contributed by atoms with Crippen molar-refractivity contribution in [2.24, 2.45) is 0 Å². The lowest BCUT2D eigenvalue weighted by Crippen LogP contribution is -1.90. The third kappa shape index (κ3) is 3.18. The van der Waals surface area contributed by atoms with Crippen LogP contribution in [0.5, 0.6) is 0 Å². The van der Waals surface area contributed by atoms with Gasteiger partial charge in [-0.05, 0) is 29.8 Å². The molecule has 1 heterocycles. The minimum absolute atomic E-state index is 0.0994. The maximum atomic E-state index is 11.1. The molecule has 0 atom stereocenters. The Bertz CT molecular complexity index is 729. The molecule has 0 saturated carbocycles. The van der Waals surface area contributed by atoms with E-state index in [0.717, 1.165) is 0 Å². The molecule has 8 heteroatoms. The van der Waals surface area contributed by atoms with Gasteiger partial charge in [-0.15, -0.1) is 0 Å². The summed E-state index contributed by atoms with van der Waals surface area (Å²) in [5, 5.41) is 21.1. The predicted octanol–water partition coefficient (Wildman–Crippen LogP) is 2.84. The van der Waals surface area contributed by atoms with Gasteiger partial charge in [-0.3, -0.25) is 25.0 Å². The number of aldehydes is 1. The van der Waals surface area contributed by atoms with Crippen molar-refractivity contribution >= 4 is 29.5 Å². The predicted molar refractivity (Wildman–Crippen MR) is 72.4 cm³/mol. The van der Waals surface area contributed by atoms with Crippen LogP contribution < -0.4 is 0 Å². The highest BCUT2D eigenvalue weighted by molar-refractivity contribution is 6.13. The number of carbonyl (C=O) groups is 1. The molecule has 8 nitrogen and oxygen atoms in total. The SMILES string of the molecule is O=C/C(=C/c1ccc([N+](=O)[O-])o1)c1ccc([N+](=O)[O-])cc1. The monoisotopic (exact) mass is 288 g/mol. The molecule has 0 N–H and O–H groups in total. The van der Waals surface area contributed by atoms with Gasteiger partial charge in [-0.1, -0.05) is 0 Å². The van der Waals surface area contributed by atoms with Gasteiger partial charge in [0, 0.05) is 17.7 Å². The number of nitro benzene ring substituents is 1. The van der Waals surface area contributed by atoms with Crippen molar-refractivity contribution in [2.75, 3.05) is 0 Å². The van der Waals surface area contributed by atoms with Crippen molar-refractivity contribution in [2.45, 2.75) is 0 Å². The fourth-order valence-electron chi connectivity index (χ4n) is 1.63. The topological polar surface area (TPSA) is 116 Å². The molecule has 0 bridgehead atoms. The number of furan rings is 1. The fourth-order valence-corrected chi connectivity index (χ4v) is 1.63. The number of rotatable bonds is 5. The van der Waals surface area contributed by atoms with E-state index in [4.69, 9.17) is 4.42 Å². The molecule has 106 valence electrons. The second kappa shape index (κ2) is 5.78. The van der Waals surface area contributed by atoms with Crippen LogP contribution in [-0.4, -0.2) is 16.1 Å². The van der Waals surface area contributed by atoms with E-state index >= 15 is 0 Å².